The van der Waals surface area contributed by atoms with Gasteiger partial charge in [-0.05, 0) is 12.1 Å². The van der Waals surface area contributed by atoms with Gasteiger partial charge in [0, 0.05) is 5.38 Å². The molecule has 0 fully saturated rings. The molecule has 21 heavy (non-hydrogen) atoms. The number of amides is 2. The fourth-order valence-electron chi connectivity index (χ4n) is 1.50. The number of carboxylic acids is 1. The lowest BCUT2D eigenvalue weighted by molar-refractivity contribution is -0.139. The molecule has 0 spiro atoms. The molecule has 1 aromatic heterocycles. The minimum atomic E-state index is -1.09. The van der Waals surface area contributed by atoms with Gasteiger partial charge in [-0.25, -0.2) is 14.6 Å². The molecule has 0 atom stereocenters. The Labute approximate surface area is 124 Å². The molecule has 2 aromatic rings. The standard InChI is InChI=1S/C13H13N3O4S/c17-12(18)6-20-11-4-2-1-3-10(11)16-13(19)14-5-9-7-21-8-15-9/h1-4,7-8H,5-6H2,(H,17,18)(H2,14,16,19). The third kappa shape index (κ3) is 4.77. The first kappa shape index (κ1) is 14.8. The van der Waals surface area contributed by atoms with Gasteiger partial charge in [-0.3, -0.25) is 0 Å². The van der Waals surface area contributed by atoms with Crippen molar-refractivity contribution in [1.82, 2.24) is 10.3 Å². The first-order valence-electron chi connectivity index (χ1n) is 6.00. The van der Waals surface area contributed by atoms with E-state index in [9.17, 15) is 9.59 Å². The second kappa shape index (κ2) is 7.25. The van der Waals surface area contributed by atoms with Crippen molar-refractivity contribution in [3.05, 3.63) is 40.8 Å². The van der Waals surface area contributed by atoms with Crippen LogP contribution in [0.5, 0.6) is 5.75 Å². The highest BCUT2D eigenvalue weighted by molar-refractivity contribution is 7.07. The summed E-state index contributed by atoms with van der Waals surface area (Å²) in [5.74, 6) is -0.790. The average molecular weight is 307 g/mol. The molecule has 2 rings (SSSR count). The number of nitrogens with one attached hydrogen (secondary N) is 2. The Morgan fingerprint density at radius 2 is 2.14 bits per heavy atom. The number of urea groups is 1. The number of rotatable bonds is 6. The predicted octanol–water partition coefficient (Wildman–Crippen LogP) is 1.93. The third-order valence-electron chi connectivity index (χ3n) is 2.40. The van der Waals surface area contributed by atoms with Gasteiger partial charge < -0.3 is 20.5 Å². The van der Waals surface area contributed by atoms with Gasteiger partial charge in [0.15, 0.2) is 6.61 Å². The van der Waals surface area contributed by atoms with Crippen molar-refractivity contribution in [2.75, 3.05) is 11.9 Å². The maximum Gasteiger partial charge on any atom is 0.341 e. The van der Waals surface area contributed by atoms with Crippen molar-refractivity contribution >= 4 is 29.0 Å². The van der Waals surface area contributed by atoms with Crippen molar-refractivity contribution in [2.45, 2.75) is 6.54 Å². The summed E-state index contributed by atoms with van der Waals surface area (Å²) in [7, 11) is 0. The molecular weight excluding hydrogens is 294 g/mol. The number of ether oxygens (including phenoxy) is 1. The van der Waals surface area contributed by atoms with Crippen LogP contribution in [0.15, 0.2) is 35.2 Å². The van der Waals surface area contributed by atoms with Crippen LogP contribution in [0.25, 0.3) is 0 Å². The van der Waals surface area contributed by atoms with Gasteiger partial charge in [-0.2, -0.15) is 0 Å². The van der Waals surface area contributed by atoms with Gasteiger partial charge >= 0.3 is 12.0 Å². The van der Waals surface area contributed by atoms with E-state index < -0.39 is 18.6 Å². The summed E-state index contributed by atoms with van der Waals surface area (Å²) in [6.45, 7) is -0.160. The summed E-state index contributed by atoms with van der Waals surface area (Å²) >= 11 is 1.45. The number of thiazole rings is 1. The number of benzene rings is 1. The van der Waals surface area contributed by atoms with Gasteiger partial charge in [0.2, 0.25) is 0 Å². The Bertz CT molecular complexity index is 616. The molecule has 0 saturated carbocycles. The maximum atomic E-state index is 11.8. The molecule has 0 saturated heterocycles. The minimum Gasteiger partial charge on any atom is -0.480 e. The summed E-state index contributed by atoms with van der Waals surface area (Å²) in [5, 5.41) is 15.7. The van der Waals surface area contributed by atoms with E-state index >= 15 is 0 Å². The van der Waals surface area contributed by atoms with E-state index in [0.717, 1.165) is 5.69 Å². The normalized spacial score (nSPS) is 9.90. The second-order valence-corrected chi connectivity index (χ2v) is 4.68. The van der Waals surface area contributed by atoms with E-state index in [1.54, 1.807) is 29.8 Å². The number of nitrogens with zero attached hydrogens (tertiary/aromatic N) is 1. The molecule has 0 radical (unpaired) electrons. The lowest BCUT2D eigenvalue weighted by Crippen LogP contribution is -2.28. The molecule has 0 unspecified atom stereocenters. The number of carbonyl (C=O) groups is 2. The van der Waals surface area contributed by atoms with Crippen molar-refractivity contribution in [3.8, 4) is 5.75 Å². The van der Waals surface area contributed by atoms with Gasteiger partial charge in [0.05, 0.1) is 23.4 Å². The molecule has 0 bridgehead atoms. The predicted molar refractivity (Wildman–Crippen MR) is 77.5 cm³/mol. The van der Waals surface area contributed by atoms with Crippen LogP contribution in [0.4, 0.5) is 10.5 Å². The first-order chi connectivity index (χ1) is 10.1. The van der Waals surface area contributed by atoms with E-state index in [1.165, 1.54) is 11.3 Å². The van der Waals surface area contributed by atoms with Crippen molar-refractivity contribution in [1.29, 1.82) is 0 Å². The number of anilines is 1. The smallest absolute Gasteiger partial charge is 0.341 e. The number of aliphatic carboxylic acids is 1. The van der Waals surface area contributed by atoms with Crippen LogP contribution >= 0.6 is 11.3 Å². The van der Waals surface area contributed by atoms with Gasteiger partial charge in [0.1, 0.15) is 5.75 Å². The van der Waals surface area contributed by atoms with E-state index in [1.807, 2.05) is 5.38 Å². The van der Waals surface area contributed by atoms with E-state index in [0.29, 0.717) is 18.0 Å². The minimum absolute atomic E-state index is 0.295. The zero-order chi connectivity index (χ0) is 15.1. The Kier molecular flexibility index (Phi) is 5.10. The maximum absolute atomic E-state index is 11.8. The van der Waals surface area contributed by atoms with E-state index in [4.69, 9.17) is 9.84 Å². The van der Waals surface area contributed by atoms with Crippen molar-refractivity contribution in [3.63, 3.8) is 0 Å². The largest absolute Gasteiger partial charge is 0.480 e. The fraction of sp³-hybridized carbons (Fsp3) is 0.154. The van der Waals surface area contributed by atoms with E-state index in [2.05, 4.69) is 15.6 Å². The van der Waals surface area contributed by atoms with Crippen LogP contribution < -0.4 is 15.4 Å². The van der Waals surface area contributed by atoms with E-state index in [-0.39, 0.29) is 0 Å². The molecule has 2 amide bonds. The van der Waals surface area contributed by atoms with Crippen LogP contribution in [-0.2, 0) is 11.3 Å². The molecule has 1 aromatic carbocycles. The Morgan fingerprint density at radius 1 is 1.33 bits per heavy atom. The van der Waals surface area contributed by atoms with Crippen molar-refractivity contribution in [2.24, 2.45) is 0 Å². The van der Waals surface area contributed by atoms with Gasteiger partial charge in [-0.15, -0.1) is 11.3 Å². The van der Waals surface area contributed by atoms with Crippen LogP contribution in [0, 0.1) is 0 Å². The number of para-hydroxylation sites is 2. The molecule has 0 aliphatic rings. The topological polar surface area (TPSA) is 101 Å². The Morgan fingerprint density at radius 3 is 2.86 bits per heavy atom. The zero-order valence-electron chi connectivity index (χ0n) is 10.9. The van der Waals surface area contributed by atoms with Crippen LogP contribution in [0.2, 0.25) is 0 Å². The Balaban J connectivity index is 1.92. The monoisotopic (exact) mass is 307 g/mol. The molecule has 110 valence electrons. The highest BCUT2D eigenvalue weighted by atomic mass is 32.1. The molecular formula is C13H13N3O4S. The molecule has 0 aliphatic carbocycles. The zero-order valence-corrected chi connectivity index (χ0v) is 11.7. The van der Waals surface area contributed by atoms with Gasteiger partial charge in [-0.1, -0.05) is 12.1 Å². The molecule has 8 heteroatoms. The highest BCUT2D eigenvalue weighted by Crippen LogP contribution is 2.23. The fourth-order valence-corrected chi connectivity index (χ4v) is 2.06. The highest BCUT2D eigenvalue weighted by Gasteiger charge is 2.08. The summed E-state index contributed by atoms with van der Waals surface area (Å²) in [6, 6.07) is 6.19. The number of aromatic nitrogens is 1. The summed E-state index contributed by atoms with van der Waals surface area (Å²) in [5.41, 5.74) is 2.85. The second-order valence-electron chi connectivity index (χ2n) is 3.97. The Hall–Kier alpha value is -2.61. The lowest BCUT2D eigenvalue weighted by Gasteiger charge is -2.11. The summed E-state index contributed by atoms with van der Waals surface area (Å²) < 4.78 is 5.10. The number of carbonyl (C=O) groups excluding carboxylic acids is 1. The van der Waals surface area contributed by atoms with Crippen LogP contribution in [0.3, 0.4) is 0 Å². The SMILES string of the molecule is O=C(O)COc1ccccc1NC(=O)NCc1cscn1. The van der Waals surface area contributed by atoms with Crippen LogP contribution in [-0.4, -0.2) is 28.7 Å². The summed E-state index contributed by atoms with van der Waals surface area (Å²) in [4.78, 5) is 26.3. The molecule has 7 nitrogen and oxygen atoms in total. The molecule has 1 heterocycles. The first-order valence-corrected chi connectivity index (χ1v) is 6.95. The number of hydrogen-bond acceptors (Lipinski definition) is 5. The quantitative estimate of drug-likeness (QED) is 0.757. The summed E-state index contributed by atoms with van der Waals surface area (Å²) in [6.07, 6.45) is 0. The number of carboxylic acid groups (broad SMARTS) is 1. The molecule has 3 N–H and O–H groups in total. The third-order valence-corrected chi connectivity index (χ3v) is 3.04. The number of hydrogen-bond donors (Lipinski definition) is 3. The lowest BCUT2D eigenvalue weighted by atomic mass is 10.3. The van der Waals surface area contributed by atoms with Crippen LogP contribution in [0.1, 0.15) is 5.69 Å². The molecule has 0 aliphatic heterocycles. The average Bonchev–Trinajstić information content (AvgIpc) is 2.97. The van der Waals surface area contributed by atoms with Gasteiger partial charge in [0.25, 0.3) is 0 Å². The van der Waals surface area contributed by atoms with Crippen molar-refractivity contribution < 1.29 is 19.4 Å².